The highest BCUT2D eigenvalue weighted by atomic mass is 16.6. The van der Waals surface area contributed by atoms with Crippen molar-refractivity contribution in [2.24, 2.45) is 0 Å². The maximum Gasteiger partial charge on any atom is 0.306 e. The Morgan fingerprint density at radius 3 is 1.97 bits per heavy atom. The second kappa shape index (κ2) is 27.9. The molecule has 1 N–H and O–H groups in total. The van der Waals surface area contributed by atoms with E-state index in [1.54, 1.807) is 0 Å². The average Bonchev–Trinajstić information content (AvgIpc) is 2.84. The van der Waals surface area contributed by atoms with Crippen LogP contribution in [-0.2, 0) is 14.3 Å². The molecule has 1 atom stereocenters. The van der Waals surface area contributed by atoms with Crippen molar-refractivity contribution in [1.82, 2.24) is 0 Å². The summed E-state index contributed by atoms with van der Waals surface area (Å²) in [6.45, 7) is 5.17. The highest BCUT2D eigenvalue weighted by Gasteiger charge is 2.13. The number of allylic oxidation sites excluding steroid dienone is 6. The van der Waals surface area contributed by atoms with E-state index >= 15 is 0 Å². The lowest BCUT2D eigenvalue weighted by molar-refractivity contribution is -0.154. The quantitative estimate of drug-likeness (QED) is 0.0815. The summed E-state index contributed by atoms with van der Waals surface area (Å²) in [5.41, 5.74) is 0. The van der Waals surface area contributed by atoms with Crippen molar-refractivity contribution in [3.8, 4) is 0 Å². The van der Waals surface area contributed by atoms with Gasteiger partial charge in [0, 0.05) is 13.0 Å². The van der Waals surface area contributed by atoms with Crippen molar-refractivity contribution >= 4 is 5.97 Å². The highest BCUT2D eigenvalue weighted by molar-refractivity contribution is 5.69. The van der Waals surface area contributed by atoms with Gasteiger partial charge in [-0.15, -0.1) is 0 Å². The molecule has 1 unspecified atom stereocenters. The van der Waals surface area contributed by atoms with E-state index in [4.69, 9.17) is 9.47 Å². The minimum absolute atomic E-state index is 0.183. The van der Waals surface area contributed by atoms with E-state index in [-0.39, 0.29) is 19.2 Å². The fourth-order valence-electron chi connectivity index (χ4n) is 3.63. The largest absolute Gasteiger partial charge is 0.457 e. The Labute approximate surface area is 210 Å². The summed E-state index contributed by atoms with van der Waals surface area (Å²) < 4.78 is 11.0. The number of carbonyl (C=O) groups is 1. The standard InChI is InChI=1S/C30H54O4/c1-3-5-7-9-11-13-14-15-16-17-19-21-23-25-30(32)34-29(27-31)28-33-26-24-22-20-18-12-10-8-6-4-2/h5,7,11,13,15-16,29,31H,3-4,6,8-10,12,14,17-28H2,1-2H3/b7-5-,13-11-,16-15-. The van der Waals surface area contributed by atoms with Crippen LogP contribution >= 0.6 is 0 Å². The van der Waals surface area contributed by atoms with Crippen LogP contribution in [0.2, 0.25) is 0 Å². The van der Waals surface area contributed by atoms with Gasteiger partial charge in [-0.2, -0.15) is 0 Å². The second-order valence-corrected chi connectivity index (χ2v) is 9.09. The van der Waals surface area contributed by atoms with Gasteiger partial charge in [-0.3, -0.25) is 4.79 Å². The molecule has 0 aromatic carbocycles. The lowest BCUT2D eigenvalue weighted by atomic mass is 10.1. The average molecular weight is 479 g/mol. The van der Waals surface area contributed by atoms with E-state index in [2.05, 4.69) is 50.3 Å². The van der Waals surface area contributed by atoms with Gasteiger partial charge in [-0.05, 0) is 44.9 Å². The zero-order valence-corrected chi connectivity index (χ0v) is 22.4. The molecule has 0 amide bonds. The van der Waals surface area contributed by atoms with Crippen molar-refractivity contribution in [3.63, 3.8) is 0 Å². The third-order valence-corrected chi connectivity index (χ3v) is 5.73. The molecular formula is C30H54O4. The van der Waals surface area contributed by atoms with Crippen molar-refractivity contribution in [3.05, 3.63) is 36.5 Å². The molecule has 0 saturated heterocycles. The predicted octanol–water partition coefficient (Wildman–Crippen LogP) is 8.25. The lowest BCUT2D eigenvalue weighted by Crippen LogP contribution is -2.27. The van der Waals surface area contributed by atoms with Crippen LogP contribution in [0.4, 0.5) is 0 Å². The number of carbonyl (C=O) groups excluding carboxylic acids is 1. The Balaban J connectivity index is 3.56. The highest BCUT2D eigenvalue weighted by Crippen LogP contribution is 2.10. The molecule has 4 nitrogen and oxygen atoms in total. The van der Waals surface area contributed by atoms with Crippen LogP contribution in [0.15, 0.2) is 36.5 Å². The smallest absolute Gasteiger partial charge is 0.306 e. The first-order chi connectivity index (χ1) is 16.7. The molecule has 0 aliphatic carbocycles. The molecule has 34 heavy (non-hydrogen) atoms. The number of unbranched alkanes of at least 4 members (excludes halogenated alkanes) is 11. The van der Waals surface area contributed by atoms with Crippen LogP contribution in [0.5, 0.6) is 0 Å². The van der Waals surface area contributed by atoms with Gasteiger partial charge >= 0.3 is 5.97 Å². The van der Waals surface area contributed by atoms with E-state index in [9.17, 15) is 9.90 Å². The van der Waals surface area contributed by atoms with Gasteiger partial charge in [0.2, 0.25) is 0 Å². The topological polar surface area (TPSA) is 55.8 Å². The minimum atomic E-state index is -0.542. The number of ether oxygens (including phenoxy) is 2. The number of hydrogen-bond acceptors (Lipinski definition) is 4. The molecule has 4 heteroatoms. The maximum absolute atomic E-state index is 12.0. The molecule has 0 aromatic rings. The Kier molecular flexibility index (Phi) is 26.7. The molecule has 0 bridgehead atoms. The third-order valence-electron chi connectivity index (χ3n) is 5.73. The van der Waals surface area contributed by atoms with Crippen LogP contribution < -0.4 is 0 Å². The predicted molar refractivity (Wildman–Crippen MR) is 145 cm³/mol. The first-order valence-corrected chi connectivity index (χ1v) is 14.1. The summed E-state index contributed by atoms with van der Waals surface area (Å²) in [5, 5.41) is 9.45. The number of aliphatic hydroxyl groups is 1. The number of aliphatic hydroxyl groups excluding tert-OH is 1. The summed E-state index contributed by atoms with van der Waals surface area (Å²) in [7, 11) is 0. The summed E-state index contributed by atoms with van der Waals surface area (Å²) in [5.74, 6) is -0.233. The van der Waals surface area contributed by atoms with Gasteiger partial charge in [0.15, 0.2) is 0 Å². The molecular weight excluding hydrogens is 424 g/mol. The monoisotopic (exact) mass is 478 g/mol. The Hall–Kier alpha value is -1.39. The first kappa shape index (κ1) is 32.6. The summed E-state index contributed by atoms with van der Waals surface area (Å²) in [4.78, 5) is 12.0. The van der Waals surface area contributed by atoms with E-state index in [1.807, 2.05) is 0 Å². The SMILES string of the molecule is CC/C=C\C/C=C\C/C=C\CCCCCC(=O)OC(CO)COCCCCCCCCCCC. The van der Waals surface area contributed by atoms with Crippen molar-refractivity contribution in [1.29, 1.82) is 0 Å². The second-order valence-electron chi connectivity index (χ2n) is 9.09. The van der Waals surface area contributed by atoms with Crippen LogP contribution in [0.1, 0.15) is 123 Å². The van der Waals surface area contributed by atoms with E-state index in [1.165, 1.54) is 51.4 Å². The Morgan fingerprint density at radius 1 is 0.735 bits per heavy atom. The summed E-state index contributed by atoms with van der Waals surface area (Å²) in [6, 6.07) is 0. The zero-order chi connectivity index (χ0) is 25.0. The number of esters is 1. The summed E-state index contributed by atoms with van der Waals surface area (Å²) in [6.07, 6.45) is 31.6. The number of rotatable bonds is 25. The van der Waals surface area contributed by atoms with E-state index < -0.39 is 6.10 Å². The zero-order valence-electron chi connectivity index (χ0n) is 22.4. The molecule has 0 rings (SSSR count). The molecule has 0 spiro atoms. The Morgan fingerprint density at radius 2 is 1.32 bits per heavy atom. The van der Waals surface area contributed by atoms with Gasteiger partial charge in [-0.25, -0.2) is 0 Å². The maximum atomic E-state index is 12.0. The molecule has 198 valence electrons. The fraction of sp³-hybridized carbons (Fsp3) is 0.767. The van der Waals surface area contributed by atoms with Crippen molar-refractivity contribution < 1.29 is 19.4 Å². The van der Waals surface area contributed by atoms with Crippen LogP contribution in [0, 0.1) is 0 Å². The van der Waals surface area contributed by atoms with Crippen LogP contribution in [-0.4, -0.2) is 37.0 Å². The van der Waals surface area contributed by atoms with Crippen LogP contribution in [0.25, 0.3) is 0 Å². The molecule has 0 aliphatic heterocycles. The molecule has 0 aromatic heterocycles. The van der Waals surface area contributed by atoms with Crippen molar-refractivity contribution in [2.75, 3.05) is 19.8 Å². The number of hydrogen-bond donors (Lipinski definition) is 1. The normalized spacial score (nSPS) is 12.9. The first-order valence-electron chi connectivity index (χ1n) is 14.1. The minimum Gasteiger partial charge on any atom is -0.457 e. The molecule has 0 radical (unpaired) electrons. The molecule has 0 fully saturated rings. The lowest BCUT2D eigenvalue weighted by Gasteiger charge is -2.15. The van der Waals surface area contributed by atoms with Gasteiger partial charge in [0.1, 0.15) is 6.10 Å². The van der Waals surface area contributed by atoms with Gasteiger partial charge in [-0.1, -0.05) is 108 Å². The molecule has 0 saturated carbocycles. The third kappa shape index (κ3) is 25.2. The van der Waals surface area contributed by atoms with Gasteiger partial charge in [0.25, 0.3) is 0 Å². The van der Waals surface area contributed by atoms with Gasteiger partial charge < -0.3 is 14.6 Å². The van der Waals surface area contributed by atoms with E-state index in [0.717, 1.165) is 51.4 Å². The van der Waals surface area contributed by atoms with Gasteiger partial charge in [0.05, 0.1) is 13.2 Å². The fourth-order valence-corrected chi connectivity index (χ4v) is 3.63. The Bertz CT molecular complexity index is 510. The van der Waals surface area contributed by atoms with E-state index in [0.29, 0.717) is 13.0 Å². The van der Waals surface area contributed by atoms with Crippen LogP contribution in [0.3, 0.4) is 0 Å². The molecule has 0 heterocycles. The summed E-state index contributed by atoms with van der Waals surface area (Å²) >= 11 is 0. The van der Waals surface area contributed by atoms with Crippen molar-refractivity contribution in [2.45, 2.75) is 129 Å². The molecule has 0 aliphatic rings.